The summed E-state index contributed by atoms with van der Waals surface area (Å²) < 4.78 is 1.78. The Balaban J connectivity index is 1.38. The second-order valence-electron chi connectivity index (χ2n) is 13.1. The number of rotatable bonds is 8. The van der Waals surface area contributed by atoms with Crippen LogP contribution in [-0.2, 0) is 17.8 Å². The Bertz CT molecular complexity index is 1160. The van der Waals surface area contributed by atoms with Gasteiger partial charge in [-0.2, -0.15) is 5.10 Å². The van der Waals surface area contributed by atoms with Crippen LogP contribution >= 0.6 is 0 Å². The maximum absolute atomic E-state index is 14.1. The van der Waals surface area contributed by atoms with E-state index in [1.807, 2.05) is 17.9 Å². The minimum absolute atomic E-state index is 0.0389. The Morgan fingerprint density at radius 3 is 2.35 bits per heavy atom. The van der Waals surface area contributed by atoms with Crippen LogP contribution in [0.2, 0.25) is 0 Å². The van der Waals surface area contributed by atoms with Crippen molar-refractivity contribution in [2.75, 3.05) is 26.2 Å². The van der Waals surface area contributed by atoms with Crippen LogP contribution in [0.4, 0.5) is 0 Å². The van der Waals surface area contributed by atoms with E-state index in [9.17, 15) is 9.59 Å². The fourth-order valence-corrected chi connectivity index (χ4v) is 7.24. The van der Waals surface area contributed by atoms with E-state index in [0.29, 0.717) is 30.6 Å². The maximum atomic E-state index is 14.1. The Morgan fingerprint density at radius 1 is 1.02 bits per heavy atom. The molecule has 2 aliphatic heterocycles. The fourth-order valence-electron chi connectivity index (χ4n) is 7.24. The summed E-state index contributed by atoms with van der Waals surface area (Å²) in [6, 6.07) is 10.5. The number of likely N-dealkylation sites (tertiary alicyclic amines) is 1. The Hall–Kier alpha value is -2.67. The minimum atomic E-state index is -0.978. The van der Waals surface area contributed by atoms with Crippen LogP contribution in [0.1, 0.15) is 95.1 Å². The molecule has 2 amide bonds. The van der Waals surface area contributed by atoms with Gasteiger partial charge in [-0.05, 0) is 69.0 Å². The molecule has 0 radical (unpaired) electrons. The van der Waals surface area contributed by atoms with Crippen LogP contribution in [0.5, 0.6) is 0 Å². The first-order valence-electron chi connectivity index (χ1n) is 15.8. The molecule has 1 saturated heterocycles. The molecule has 2 aromatic rings. The summed E-state index contributed by atoms with van der Waals surface area (Å²) in [5.41, 5.74) is 2.66. The molecule has 1 aromatic carbocycles. The number of hydrogen-bond acceptors (Lipinski definition) is 4. The predicted molar refractivity (Wildman–Crippen MR) is 160 cm³/mol. The van der Waals surface area contributed by atoms with Crippen molar-refractivity contribution >= 4 is 11.8 Å². The van der Waals surface area contributed by atoms with E-state index in [0.717, 1.165) is 69.4 Å². The van der Waals surface area contributed by atoms with E-state index < -0.39 is 5.54 Å². The third-order valence-corrected chi connectivity index (χ3v) is 9.44. The van der Waals surface area contributed by atoms with Crippen molar-refractivity contribution in [2.45, 2.75) is 104 Å². The number of carbonyl (C=O) groups is 2. The molecule has 40 heavy (non-hydrogen) atoms. The topological polar surface area (TPSA) is 70.5 Å². The number of nitrogens with zero attached hydrogens (tertiary/aromatic N) is 4. The zero-order chi connectivity index (χ0) is 28.3. The summed E-state index contributed by atoms with van der Waals surface area (Å²) >= 11 is 0. The van der Waals surface area contributed by atoms with E-state index in [1.165, 1.54) is 24.8 Å². The number of aromatic nitrogens is 2. The van der Waals surface area contributed by atoms with E-state index >= 15 is 0 Å². The summed E-state index contributed by atoms with van der Waals surface area (Å²) in [6.45, 7) is 12.9. The fraction of sp³-hybridized carbons (Fsp3) is 0.667. The SMILES string of the molecule is CCc1ccc(-c2cc3n(n2)C[C@@](C)(C(=O)NC2CCCCCC2)N(CCCN2C[C@H](C)C[C@H](C)C2)C3=O)cc1. The molecule has 1 aliphatic carbocycles. The highest BCUT2D eigenvalue weighted by Crippen LogP contribution is 2.31. The number of hydrogen-bond donors (Lipinski definition) is 1. The van der Waals surface area contributed by atoms with Gasteiger partial charge in [0, 0.05) is 31.2 Å². The second-order valence-corrected chi connectivity index (χ2v) is 13.1. The number of amides is 2. The quantitative estimate of drug-likeness (QED) is 0.441. The molecule has 0 unspecified atom stereocenters. The molecule has 3 heterocycles. The first-order valence-corrected chi connectivity index (χ1v) is 15.8. The molecule has 1 saturated carbocycles. The Morgan fingerprint density at radius 2 is 1.70 bits per heavy atom. The van der Waals surface area contributed by atoms with Crippen LogP contribution in [-0.4, -0.2) is 69.2 Å². The van der Waals surface area contributed by atoms with Crippen molar-refractivity contribution in [1.29, 1.82) is 0 Å². The smallest absolute Gasteiger partial charge is 0.273 e. The Kier molecular flexibility index (Phi) is 8.98. The number of nitrogens with one attached hydrogen (secondary N) is 1. The van der Waals surface area contributed by atoms with Crippen LogP contribution in [0.25, 0.3) is 11.3 Å². The molecule has 7 nitrogen and oxygen atoms in total. The minimum Gasteiger partial charge on any atom is -0.351 e. The van der Waals surface area contributed by atoms with Gasteiger partial charge in [-0.1, -0.05) is 70.7 Å². The lowest BCUT2D eigenvalue weighted by atomic mass is 9.91. The number of piperidine rings is 1. The molecule has 3 atom stereocenters. The summed E-state index contributed by atoms with van der Waals surface area (Å²) in [7, 11) is 0. The van der Waals surface area contributed by atoms with Gasteiger partial charge in [0.2, 0.25) is 5.91 Å². The molecule has 218 valence electrons. The average Bonchev–Trinajstić information content (AvgIpc) is 3.18. The van der Waals surface area contributed by atoms with Crippen molar-refractivity contribution in [2.24, 2.45) is 11.8 Å². The highest BCUT2D eigenvalue weighted by atomic mass is 16.2. The third-order valence-electron chi connectivity index (χ3n) is 9.44. The van der Waals surface area contributed by atoms with Crippen LogP contribution < -0.4 is 5.32 Å². The zero-order valence-corrected chi connectivity index (χ0v) is 25.1. The van der Waals surface area contributed by atoms with Gasteiger partial charge in [-0.3, -0.25) is 14.3 Å². The van der Waals surface area contributed by atoms with Crippen molar-refractivity contribution in [3.63, 3.8) is 0 Å². The summed E-state index contributed by atoms with van der Waals surface area (Å²) in [6.07, 6.45) is 9.95. The van der Waals surface area contributed by atoms with Gasteiger partial charge < -0.3 is 15.1 Å². The zero-order valence-electron chi connectivity index (χ0n) is 25.1. The lowest BCUT2D eigenvalue weighted by Crippen LogP contribution is -2.65. The first-order chi connectivity index (χ1) is 19.3. The molecule has 5 rings (SSSR count). The number of carbonyl (C=O) groups excluding carboxylic acids is 2. The molecular weight excluding hydrogens is 498 g/mol. The largest absolute Gasteiger partial charge is 0.351 e. The van der Waals surface area contributed by atoms with Crippen LogP contribution in [0, 0.1) is 11.8 Å². The third kappa shape index (κ3) is 6.29. The van der Waals surface area contributed by atoms with Crippen LogP contribution in [0.3, 0.4) is 0 Å². The normalized spacial score (nSPS) is 26.4. The molecule has 0 spiro atoms. The van der Waals surface area contributed by atoms with Gasteiger partial charge >= 0.3 is 0 Å². The van der Waals surface area contributed by atoms with E-state index in [2.05, 4.69) is 55.3 Å². The van der Waals surface area contributed by atoms with Crippen molar-refractivity contribution in [1.82, 2.24) is 24.9 Å². The highest BCUT2D eigenvalue weighted by Gasteiger charge is 2.48. The Labute approximate surface area is 240 Å². The summed E-state index contributed by atoms with van der Waals surface area (Å²) in [5.74, 6) is 1.28. The molecule has 7 heteroatoms. The number of fused-ring (bicyclic) bond motifs is 1. The molecule has 0 bridgehead atoms. The van der Waals surface area contributed by atoms with Gasteiger partial charge in [0.1, 0.15) is 11.2 Å². The van der Waals surface area contributed by atoms with Gasteiger partial charge in [0.05, 0.1) is 12.2 Å². The standard InChI is InChI=1S/C33H49N5O2/c1-5-26-13-15-27(16-14-26)29-20-30-31(39)37(18-10-17-36-21-24(2)19-25(3)22-36)33(4,23-38(30)35-29)32(40)34-28-11-8-6-7-9-12-28/h13-16,20,24-25,28H,5-12,17-19,21-23H2,1-4H3,(H,34,40)/t24-,25+,33-/m0/s1. The molecule has 2 fully saturated rings. The van der Waals surface area contributed by atoms with Crippen molar-refractivity contribution in [3.05, 3.63) is 41.6 Å². The lowest BCUT2D eigenvalue weighted by molar-refractivity contribution is -0.134. The number of benzene rings is 1. The van der Waals surface area contributed by atoms with Gasteiger partial charge in [0.25, 0.3) is 5.91 Å². The van der Waals surface area contributed by atoms with E-state index in [-0.39, 0.29) is 17.9 Å². The van der Waals surface area contributed by atoms with Gasteiger partial charge in [-0.15, -0.1) is 0 Å². The van der Waals surface area contributed by atoms with E-state index in [4.69, 9.17) is 5.10 Å². The number of aryl methyl sites for hydroxylation is 1. The molecule has 1 N–H and O–H groups in total. The van der Waals surface area contributed by atoms with Crippen molar-refractivity contribution < 1.29 is 9.59 Å². The molecule has 1 aromatic heterocycles. The first kappa shape index (κ1) is 28.8. The second kappa shape index (κ2) is 12.5. The summed E-state index contributed by atoms with van der Waals surface area (Å²) in [4.78, 5) is 32.5. The summed E-state index contributed by atoms with van der Waals surface area (Å²) in [5, 5.41) is 8.22. The predicted octanol–water partition coefficient (Wildman–Crippen LogP) is 5.53. The molecule has 3 aliphatic rings. The average molecular weight is 548 g/mol. The van der Waals surface area contributed by atoms with Crippen LogP contribution in [0.15, 0.2) is 30.3 Å². The van der Waals surface area contributed by atoms with Crippen molar-refractivity contribution in [3.8, 4) is 11.3 Å². The molecular formula is C33H49N5O2. The maximum Gasteiger partial charge on any atom is 0.273 e. The monoisotopic (exact) mass is 547 g/mol. The lowest BCUT2D eigenvalue weighted by Gasteiger charge is -2.44. The van der Waals surface area contributed by atoms with Gasteiger partial charge in [-0.25, -0.2) is 0 Å². The highest BCUT2D eigenvalue weighted by molar-refractivity contribution is 6.00. The van der Waals surface area contributed by atoms with Gasteiger partial charge in [0.15, 0.2) is 0 Å². The van der Waals surface area contributed by atoms with E-state index in [1.54, 1.807) is 4.68 Å².